The standard InChI is InChI=1S/C19H14BrNO4S/c20-13-7-5-12(6-8-13)15(22)11-25-18(24)19-10-9-17(23)21(19)14-3-1-2-4-16(14)26-19/h1-8H,9-11H2. The highest BCUT2D eigenvalue weighted by atomic mass is 79.9. The van der Waals surface area contributed by atoms with Crippen molar-refractivity contribution in [2.75, 3.05) is 11.5 Å². The first-order valence-electron chi connectivity index (χ1n) is 8.08. The number of anilines is 1. The molecule has 1 atom stereocenters. The Morgan fingerprint density at radius 2 is 1.88 bits per heavy atom. The lowest BCUT2D eigenvalue weighted by Gasteiger charge is -2.28. The van der Waals surface area contributed by atoms with Crippen LogP contribution >= 0.6 is 27.7 Å². The van der Waals surface area contributed by atoms with E-state index in [9.17, 15) is 14.4 Å². The number of rotatable bonds is 4. The van der Waals surface area contributed by atoms with Gasteiger partial charge in [0.1, 0.15) is 0 Å². The molecule has 0 radical (unpaired) electrons. The first-order valence-corrected chi connectivity index (χ1v) is 9.69. The molecule has 7 heteroatoms. The third-order valence-corrected chi connectivity index (χ3v) is 6.48. The normalized spacial score (nSPS) is 20.7. The zero-order valence-electron chi connectivity index (χ0n) is 13.6. The largest absolute Gasteiger partial charge is 0.455 e. The molecule has 2 aromatic rings. The summed E-state index contributed by atoms with van der Waals surface area (Å²) in [6.45, 7) is -0.346. The van der Waals surface area contributed by atoms with Gasteiger partial charge < -0.3 is 4.74 Å². The van der Waals surface area contributed by atoms with Crippen LogP contribution in [-0.4, -0.2) is 29.1 Å². The molecule has 1 unspecified atom stereocenters. The second kappa shape index (κ2) is 6.55. The number of para-hydroxylation sites is 1. The van der Waals surface area contributed by atoms with Crippen LogP contribution in [-0.2, 0) is 14.3 Å². The van der Waals surface area contributed by atoms with Gasteiger partial charge >= 0.3 is 5.97 Å². The van der Waals surface area contributed by atoms with Crippen molar-refractivity contribution in [3.8, 4) is 0 Å². The van der Waals surface area contributed by atoms with Crippen LogP contribution in [0.4, 0.5) is 5.69 Å². The lowest BCUT2D eigenvalue weighted by atomic mass is 10.1. The summed E-state index contributed by atoms with van der Waals surface area (Å²) in [5, 5.41) is 0. The van der Waals surface area contributed by atoms with Gasteiger partial charge in [0.2, 0.25) is 5.91 Å². The SMILES string of the molecule is O=C(COC(=O)C12CCC(=O)N1c1ccccc1S2)c1ccc(Br)cc1. The highest BCUT2D eigenvalue weighted by Gasteiger charge is 2.58. The Morgan fingerprint density at radius 3 is 2.65 bits per heavy atom. The molecule has 2 aliphatic rings. The smallest absolute Gasteiger partial charge is 0.343 e. The summed E-state index contributed by atoms with van der Waals surface area (Å²) in [6.07, 6.45) is 0.660. The van der Waals surface area contributed by atoms with Crippen LogP contribution in [0.25, 0.3) is 0 Å². The van der Waals surface area contributed by atoms with Gasteiger partial charge in [0.05, 0.1) is 5.69 Å². The number of hydrogen-bond donors (Lipinski definition) is 0. The van der Waals surface area contributed by atoms with Gasteiger partial charge in [-0.3, -0.25) is 14.5 Å². The van der Waals surface area contributed by atoms with E-state index in [0.717, 1.165) is 15.1 Å². The van der Waals surface area contributed by atoms with Gasteiger partial charge in [0.15, 0.2) is 17.3 Å². The Hall–Kier alpha value is -2.12. The molecule has 1 amide bonds. The van der Waals surface area contributed by atoms with E-state index < -0.39 is 10.8 Å². The van der Waals surface area contributed by atoms with E-state index in [1.165, 1.54) is 16.7 Å². The fraction of sp³-hybridized carbons (Fsp3) is 0.211. The van der Waals surface area contributed by atoms with E-state index in [2.05, 4.69) is 15.9 Å². The number of esters is 1. The first kappa shape index (κ1) is 17.3. The predicted molar refractivity (Wildman–Crippen MR) is 101 cm³/mol. The monoisotopic (exact) mass is 431 g/mol. The number of hydrogen-bond acceptors (Lipinski definition) is 5. The molecule has 2 heterocycles. The van der Waals surface area contributed by atoms with Crippen molar-refractivity contribution in [3.05, 3.63) is 58.6 Å². The molecule has 2 aliphatic heterocycles. The number of amides is 1. The van der Waals surface area contributed by atoms with Gasteiger partial charge in [-0.25, -0.2) is 4.79 Å². The number of ketones is 1. The number of thioether (sulfide) groups is 1. The molecule has 5 nitrogen and oxygen atoms in total. The zero-order valence-corrected chi connectivity index (χ0v) is 16.0. The van der Waals surface area contributed by atoms with Crippen LogP contribution in [0, 0.1) is 0 Å². The van der Waals surface area contributed by atoms with E-state index in [-0.39, 0.29) is 24.7 Å². The van der Waals surface area contributed by atoms with Crippen LogP contribution in [0.1, 0.15) is 23.2 Å². The van der Waals surface area contributed by atoms with Gasteiger partial charge in [-0.15, -0.1) is 0 Å². The Balaban J connectivity index is 1.52. The molecular weight excluding hydrogens is 418 g/mol. The molecule has 0 saturated carbocycles. The number of ether oxygens (including phenoxy) is 1. The van der Waals surface area contributed by atoms with Crippen molar-refractivity contribution < 1.29 is 19.1 Å². The average Bonchev–Trinajstić information content (AvgIpc) is 3.16. The summed E-state index contributed by atoms with van der Waals surface area (Å²) in [6, 6.07) is 14.3. The number of benzene rings is 2. The van der Waals surface area contributed by atoms with E-state index in [4.69, 9.17) is 4.74 Å². The fourth-order valence-electron chi connectivity index (χ4n) is 3.24. The van der Waals surface area contributed by atoms with Crippen molar-refractivity contribution in [2.45, 2.75) is 22.6 Å². The van der Waals surface area contributed by atoms with Crippen molar-refractivity contribution in [1.82, 2.24) is 0 Å². The van der Waals surface area contributed by atoms with Crippen molar-refractivity contribution in [2.24, 2.45) is 0 Å². The summed E-state index contributed by atoms with van der Waals surface area (Å²) < 4.78 is 6.21. The highest BCUT2D eigenvalue weighted by Crippen LogP contribution is 2.56. The number of Topliss-reactive ketones (excluding diaryl/α,β-unsaturated/α-hetero) is 1. The summed E-state index contributed by atoms with van der Waals surface area (Å²) in [5.74, 6) is -0.924. The van der Waals surface area contributed by atoms with E-state index >= 15 is 0 Å². The molecule has 0 bridgehead atoms. The lowest BCUT2D eigenvalue weighted by molar-refractivity contribution is -0.145. The minimum absolute atomic E-state index is 0.0985. The average molecular weight is 432 g/mol. The predicted octanol–water partition coefficient (Wildman–Crippen LogP) is 3.80. The van der Waals surface area contributed by atoms with E-state index in [1.54, 1.807) is 24.3 Å². The number of halogens is 1. The maximum Gasteiger partial charge on any atom is 0.343 e. The maximum absolute atomic E-state index is 12.9. The maximum atomic E-state index is 12.9. The third-order valence-electron chi connectivity index (χ3n) is 4.49. The molecule has 0 spiro atoms. The van der Waals surface area contributed by atoms with Gasteiger partial charge in [-0.05, 0) is 24.3 Å². The molecule has 1 fully saturated rings. The Kier molecular flexibility index (Phi) is 4.36. The van der Waals surface area contributed by atoms with Crippen LogP contribution in [0.2, 0.25) is 0 Å². The molecule has 132 valence electrons. The molecule has 2 aromatic carbocycles. The number of fused-ring (bicyclic) bond motifs is 3. The Bertz CT molecular complexity index is 914. The number of nitrogens with zero attached hydrogens (tertiary/aromatic N) is 1. The van der Waals surface area contributed by atoms with E-state index in [1.807, 2.05) is 24.3 Å². The highest BCUT2D eigenvalue weighted by molar-refractivity contribution is 9.10. The molecule has 1 saturated heterocycles. The molecule has 4 rings (SSSR count). The number of carbonyl (C=O) groups excluding carboxylic acids is 3. The molecule has 26 heavy (non-hydrogen) atoms. The zero-order chi connectivity index (χ0) is 18.3. The molecular formula is C19H14BrNO4S. The van der Waals surface area contributed by atoms with Crippen molar-refractivity contribution >= 4 is 51.0 Å². The van der Waals surface area contributed by atoms with Gasteiger partial charge in [0.25, 0.3) is 0 Å². The quantitative estimate of drug-likeness (QED) is 0.543. The number of carbonyl (C=O) groups is 3. The van der Waals surface area contributed by atoms with Gasteiger partial charge in [0, 0.05) is 27.8 Å². The van der Waals surface area contributed by atoms with Gasteiger partial charge in [-0.1, -0.05) is 52.0 Å². The fourth-order valence-corrected chi connectivity index (χ4v) is 4.91. The van der Waals surface area contributed by atoms with E-state index in [0.29, 0.717) is 12.0 Å². The molecule has 0 aliphatic carbocycles. The summed E-state index contributed by atoms with van der Waals surface area (Å²) in [4.78, 5) is 38.8. The van der Waals surface area contributed by atoms with Crippen molar-refractivity contribution in [1.29, 1.82) is 0 Å². The van der Waals surface area contributed by atoms with Crippen molar-refractivity contribution in [3.63, 3.8) is 0 Å². The Morgan fingerprint density at radius 1 is 1.15 bits per heavy atom. The summed E-state index contributed by atoms with van der Waals surface area (Å²) in [7, 11) is 0. The van der Waals surface area contributed by atoms with Gasteiger partial charge in [-0.2, -0.15) is 0 Å². The summed E-state index contributed by atoms with van der Waals surface area (Å²) >= 11 is 4.64. The van der Waals surface area contributed by atoms with Crippen LogP contribution in [0.3, 0.4) is 0 Å². The Labute approximate surface area is 162 Å². The summed E-state index contributed by atoms with van der Waals surface area (Å²) in [5.41, 5.74) is 1.21. The minimum Gasteiger partial charge on any atom is -0.455 e. The second-order valence-corrected chi connectivity index (χ2v) is 8.32. The first-order chi connectivity index (χ1) is 12.5. The lowest BCUT2D eigenvalue weighted by Crippen LogP contribution is -2.48. The van der Waals surface area contributed by atoms with Crippen LogP contribution < -0.4 is 4.90 Å². The minimum atomic E-state index is -1.10. The third kappa shape index (κ3) is 2.75. The van der Waals surface area contributed by atoms with Crippen LogP contribution in [0.5, 0.6) is 0 Å². The molecule has 0 aromatic heterocycles. The molecule has 0 N–H and O–H groups in total. The van der Waals surface area contributed by atoms with Crippen LogP contribution in [0.15, 0.2) is 57.9 Å². The second-order valence-electron chi connectivity index (χ2n) is 6.09. The topological polar surface area (TPSA) is 63.7 Å².